The molecule has 0 aliphatic heterocycles. The highest BCUT2D eigenvalue weighted by atomic mass is 32.1. The molecule has 0 saturated heterocycles. The summed E-state index contributed by atoms with van der Waals surface area (Å²) in [6.45, 7) is 3.87. The van der Waals surface area contributed by atoms with E-state index in [0.29, 0.717) is 23.4 Å². The van der Waals surface area contributed by atoms with Gasteiger partial charge in [-0.25, -0.2) is 0 Å². The third kappa shape index (κ3) is 4.56. The fourth-order valence-electron chi connectivity index (χ4n) is 4.02. The number of benzene rings is 1. The number of allylic oxidation sites excluding steroid dienone is 2. The fourth-order valence-corrected chi connectivity index (χ4v) is 4.99. The summed E-state index contributed by atoms with van der Waals surface area (Å²) < 4.78 is 0. The highest BCUT2D eigenvalue weighted by Crippen LogP contribution is 2.39. The van der Waals surface area contributed by atoms with Gasteiger partial charge in [0.05, 0.1) is 17.4 Å². The molecule has 2 aliphatic rings. The molecule has 31 heavy (non-hydrogen) atoms. The third-order valence-corrected chi connectivity index (χ3v) is 7.07. The Balaban J connectivity index is 1.64. The maximum absolute atomic E-state index is 13.2. The van der Waals surface area contributed by atoms with Crippen molar-refractivity contribution in [2.75, 3.05) is 5.32 Å². The van der Waals surface area contributed by atoms with Crippen LogP contribution in [-0.2, 0) is 9.59 Å². The van der Waals surface area contributed by atoms with Crippen molar-refractivity contribution in [3.8, 4) is 11.1 Å². The topological polar surface area (TPSA) is 95.5 Å². The smallest absolute Gasteiger partial charge is 0.307 e. The fraction of sp³-hybridized carbons (Fsp3) is 0.375. The molecule has 1 aromatic heterocycles. The maximum atomic E-state index is 13.2. The van der Waals surface area contributed by atoms with Crippen LogP contribution in [0.5, 0.6) is 0 Å². The Bertz CT molecular complexity index is 1050. The summed E-state index contributed by atoms with van der Waals surface area (Å²) in [6.07, 6.45) is 2.71. The highest BCUT2D eigenvalue weighted by Gasteiger charge is 2.38. The van der Waals surface area contributed by atoms with Crippen molar-refractivity contribution in [2.45, 2.75) is 45.6 Å². The van der Waals surface area contributed by atoms with E-state index in [4.69, 9.17) is 0 Å². The highest BCUT2D eigenvalue weighted by molar-refractivity contribution is 7.15. The van der Waals surface area contributed by atoms with Crippen LogP contribution in [0.1, 0.15) is 49.9 Å². The molecule has 2 aromatic rings. The molecule has 2 atom stereocenters. The normalized spacial score (nSPS) is 21.0. The van der Waals surface area contributed by atoms with Gasteiger partial charge >= 0.3 is 5.97 Å². The molecule has 4 rings (SSSR count). The van der Waals surface area contributed by atoms with Crippen molar-refractivity contribution >= 4 is 34.1 Å². The molecule has 1 fully saturated rings. The zero-order chi connectivity index (χ0) is 22.1. The van der Waals surface area contributed by atoms with Crippen LogP contribution in [0.4, 0.5) is 5.00 Å². The number of hydrogen-bond donors (Lipinski definition) is 3. The molecule has 0 radical (unpaired) electrons. The number of carboxylic acids is 1. The van der Waals surface area contributed by atoms with E-state index in [1.54, 1.807) is 0 Å². The number of anilines is 1. The monoisotopic (exact) mass is 438 g/mol. The third-order valence-electron chi connectivity index (χ3n) is 6.17. The van der Waals surface area contributed by atoms with Crippen LogP contribution < -0.4 is 10.6 Å². The van der Waals surface area contributed by atoms with E-state index in [-0.39, 0.29) is 17.9 Å². The van der Waals surface area contributed by atoms with Crippen molar-refractivity contribution in [3.63, 3.8) is 0 Å². The zero-order valence-electron chi connectivity index (χ0n) is 17.6. The first-order valence-corrected chi connectivity index (χ1v) is 11.4. The first-order valence-electron chi connectivity index (χ1n) is 10.5. The zero-order valence-corrected chi connectivity index (χ0v) is 18.4. The summed E-state index contributed by atoms with van der Waals surface area (Å²) >= 11 is 1.30. The molecule has 1 aromatic carbocycles. The Labute approximate surface area is 185 Å². The standard InChI is InChI=1S/C24H26N2O4S/c1-13-10-17(18(24(29)30)11-14(13)2)21(27)26-23-20(22(28)25-16-8-9-16)19(12-31-23)15-6-4-3-5-7-15/h3-7,12,16-18H,8-11H2,1-2H3,(H,25,28)(H,26,27)(H,29,30)/t17-,18-/m1/s1. The lowest BCUT2D eigenvalue weighted by molar-refractivity contribution is -0.146. The summed E-state index contributed by atoms with van der Waals surface area (Å²) in [7, 11) is 0. The summed E-state index contributed by atoms with van der Waals surface area (Å²) in [6, 6.07) is 9.77. The molecule has 0 spiro atoms. The Kier molecular flexibility index (Phi) is 5.96. The number of rotatable bonds is 6. The largest absolute Gasteiger partial charge is 0.481 e. The van der Waals surface area contributed by atoms with Gasteiger partial charge in [-0.2, -0.15) is 0 Å². The van der Waals surface area contributed by atoms with Crippen LogP contribution in [0.25, 0.3) is 11.1 Å². The molecule has 7 heteroatoms. The lowest BCUT2D eigenvalue weighted by Crippen LogP contribution is -2.36. The Morgan fingerprint density at radius 2 is 1.65 bits per heavy atom. The van der Waals surface area contributed by atoms with E-state index in [1.165, 1.54) is 11.3 Å². The van der Waals surface area contributed by atoms with E-state index in [9.17, 15) is 19.5 Å². The van der Waals surface area contributed by atoms with Crippen molar-refractivity contribution in [2.24, 2.45) is 11.8 Å². The van der Waals surface area contributed by atoms with E-state index < -0.39 is 17.8 Å². The molecule has 6 nitrogen and oxygen atoms in total. The second-order valence-electron chi connectivity index (χ2n) is 8.48. The van der Waals surface area contributed by atoms with Crippen LogP contribution in [0, 0.1) is 11.8 Å². The first-order chi connectivity index (χ1) is 14.8. The van der Waals surface area contributed by atoms with E-state index in [2.05, 4.69) is 10.6 Å². The lowest BCUT2D eigenvalue weighted by atomic mass is 9.76. The van der Waals surface area contributed by atoms with Crippen molar-refractivity contribution in [1.82, 2.24) is 5.32 Å². The molecule has 3 N–H and O–H groups in total. The van der Waals surface area contributed by atoms with Gasteiger partial charge in [0.2, 0.25) is 5.91 Å². The summed E-state index contributed by atoms with van der Waals surface area (Å²) in [4.78, 5) is 38.0. The minimum absolute atomic E-state index is 0.185. The van der Waals surface area contributed by atoms with Gasteiger partial charge in [0, 0.05) is 17.0 Å². The van der Waals surface area contributed by atoms with E-state index in [0.717, 1.165) is 35.1 Å². The number of thiophene rings is 1. The number of aliphatic carboxylic acids is 1. The molecule has 0 unspecified atom stereocenters. The summed E-state index contributed by atoms with van der Waals surface area (Å²) in [5.41, 5.74) is 4.20. The average molecular weight is 439 g/mol. The molecular weight excluding hydrogens is 412 g/mol. The number of carbonyl (C=O) groups is 3. The SMILES string of the molecule is CC1=C(C)C[C@@H](C(=O)Nc2scc(-c3ccccc3)c2C(=O)NC2CC2)[C@H](C(=O)O)C1. The number of carboxylic acid groups (broad SMARTS) is 1. The number of hydrogen-bond acceptors (Lipinski definition) is 4. The molecular formula is C24H26N2O4S. The quantitative estimate of drug-likeness (QED) is 0.570. The van der Waals surface area contributed by atoms with Crippen LogP contribution in [0.2, 0.25) is 0 Å². The second kappa shape index (κ2) is 8.67. The first kappa shape index (κ1) is 21.3. The van der Waals surface area contributed by atoms with Gasteiger partial charge < -0.3 is 15.7 Å². The predicted molar refractivity (Wildman–Crippen MR) is 121 cm³/mol. The van der Waals surface area contributed by atoms with E-state index in [1.807, 2.05) is 49.6 Å². The molecule has 1 saturated carbocycles. The van der Waals surface area contributed by atoms with Gasteiger partial charge in [-0.1, -0.05) is 41.5 Å². The number of nitrogens with one attached hydrogen (secondary N) is 2. The molecule has 0 bridgehead atoms. The van der Waals surface area contributed by atoms with Crippen molar-refractivity contribution in [3.05, 3.63) is 52.4 Å². The van der Waals surface area contributed by atoms with Gasteiger partial charge in [-0.15, -0.1) is 11.3 Å². The van der Waals surface area contributed by atoms with Crippen LogP contribution >= 0.6 is 11.3 Å². The summed E-state index contributed by atoms with van der Waals surface area (Å²) in [5, 5.41) is 17.9. The predicted octanol–water partition coefficient (Wildman–Crippen LogP) is 4.69. The second-order valence-corrected chi connectivity index (χ2v) is 9.36. The molecule has 2 aliphatic carbocycles. The molecule has 1 heterocycles. The maximum Gasteiger partial charge on any atom is 0.307 e. The molecule has 2 amide bonds. The minimum Gasteiger partial charge on any atom is -0.481 e. The lowest BCUT2D eigenvalue weighted by Gasteiger charge is -2.29. The van der Waals surface area contributed by atoms with Gasteiger partial charge in [0.25, 0.3) is 5.91 Å². The average Bonchev–Trinajstić information content (AvgIpc) is 3.46. The van der Waals surface area contributed by atoms with Crippen LogP contribution in [0.3, 0.4) is 0 Å². The number of carbonyl (C=O) groups excluding carboxylic acids is 2. The van der Waals surface area contributed by atoms with Gasteiger partial charge in [0.15, 0.2) is 0 Å². The number of amides is 2. The van der Waals surface area contributed by atoms with Crippen LogP contribution in [0.15, 0.2) is 46.9 Å². The van der Waals surface area contributed by atoms with Crippen molar-refractivity contribution in [1.29, 1.82) is 0 Å². The minimum atomic E-state index is -0.963. The van der Waals surface area contributed by atoms with E-state index >= 15 is 0 Å². The van der Waals surface area contributed by atoms with Gasteiger partial charge in [-0.05, 0) is 45.1 Å². The Hall–Kier alpha value is -2.93. The Morgan fingerprint density at radius 1 is 1.00 bits per heavy atom. The molecule has 162 valence electrons. The Morgan fingerprint density at radius 3 is 2.26 bits per heavy atom. The van der Waals surface area contributed by atoms with Crippen molar-refractivity contribution < 1.29 is 19.5 Å². The summed E-state index contributed by atoms with van der Waals surface area (Å²) in [5.74, 6) is -2.94. The van der Waals surface area contributed by atoms with Gasteiger partial charge in [0.1, 0.15) is 5.00 Å². The van der Waals surface area contributed by atoms with Crippen LogP contribution in [-0.4, -0.2) is 28.9 Å². The van der Waals surface area contributed by atoms with Gasteiger partial charge in [-0.3, -0.25) is 14.4 Å².